The van der Waals surface area contributed by atoms with Crippen LogP contribution in [0.2, 0.25) is 0 Å². The Morgan fingerprint density at radius 2 is 1.63 bits per heavy atom. The van der Waals surface area contributed by atoms with Gasteiger partial charge in [0.25, 0.3) is 0 Å². The van der Waals surface area contributed by atoms with Gasteiger partial charge in [-0.25, -0.2) is 9.78 Å². The summed E-state index contributed by atoms with van der Waals surface area (Å²) < 4.78 is 5.79. The van der Waals surface area contributed by atoms with Gasteiger partial charge in [-0.1, -0.05) is 61.0 Å². The molecule has 4 aromatic rings. The van der Waals surface area contributed by atoms with E-state index in [1.54, 1.807) is 0 Å². The van der Waals surface area contributed by atoms with Crippen molar-refractivity contribution in [2.45, 2.75) is 34.1 Å². The zero-order chi connectivity index (χ0) is 21.3. The van der Waals surface area contributed by atoms with Crippen molar-refractivity contribution >= 4 is 16.9 Å². The smallest absolute Gasteiger partial charge is 0.344 e. The number of hydrogen-bond acceptors (Lipinski definition) is 3. The number of ether oxygens (including phenoxy) is 1. The first-order chi connectivity index (χ1) is 14.5. The zero-order valence-electron chi connectivity index (χ0n) is 17.8. The number of nitrogens with zero attached hydrogens (tertiary/aromatic N) is 1. The maximum Gasteiger partial charge on any atom is 0.344 e. The Bertz CT molecular complexity index is 1230. The van der Waals surface area contributed by atoms with E-state index in [0.29, 0.717) is 11.3 Å². The minimum absolute atomic E-state index is 0.355. The molecule has 0 amide bonds. The maximum absolute atomic E-state index is 13.4. The minimum atomic E-state index is -0.355. The van der Waals surface area contributed by atoms with Crippen molar-refractivity contribution in [1.29, 1.82) is 0 Å². The zero-order valence-corrected chi connectivity index (χ0v) is 17.8. The van der Waals surface area contributed by atoms with E-state index in [9.17, 15) is 4.79 Å². The van der Waals surface area contributed by atoms with E-state index in [4.69, 9.17) is 9.72 Å². The summed E-state index contributed by atoms with van der Waals surface area (Å²) in [6, 6.07) is 21.8. The van der Waals surface area contributed by atoms with Crippen molar-refractivity contribution < 1.29 is 9.53 Å². The third kappa shape index (κ3) is 3.71. The van der Waals surface area contributed by atoms with E-state index in [2.05, 4.69) is 13.0 Å². The molecule has 150 valence electrons. The van der Waals surface area contributed by atoms with Crippen molar-refractivity contribution in [3.63, 3.8) is 0 Å². The molecule has 4 rings (SSSR count). The fourth-order valence-electron chi connectivity index (χ4n) is 3.91. The lowest BCUT2D eigenvalue weighted by Crippen LogP contribution is -2.13. The molecule has 30 heavy (non-hydrogen) atoms. The molecule has 0 atom stereocenters. The van der Waals surface area contributed by atoms with Gasteiger partial charge in [0, 0.05) is 10.9 Å². The molecule has 0 bridgehead atoms. The van der Waals surface area contributed by atoms with Gasteiger partial charge >= 0.3 is 5.97 Å². The standard InChI is InChI=1S/C27H25NO2/c1-5-20-11-13-22(14-12-20)30-27(29)24-19(4)26(21-9-7-6-8-10-21)28-25-18(3)15-17(2)16-23(24)25/h6-16H,5H2,1-4H3. The maximum atomic E-state index is 13.4. The van der Waals surface area contributed by atoms with Gasteiger partial charge in [0.15, 0.2) is 0 Å². The van der Waals surface area contributed by atoms with Crippen LogP contribution in [0.15, 0.2) is 66.7 Å². The summed E-state index contributed by atoms with van der Waals surface area (Å²) in [4.78, 5) is 18.3. The molecule has 3 nitrogen and oxygen atoms in total. The molecular formula is C27H25NO2. The van der Waals surface area contributed by atoms with Gasteiger partial charge < -0.3 is 4.74 Å². The van der Waals surface area contributed by atoms with E-state index in [1.807, 2.05) is 81.4 Å². The molecule has 0 aliphatic heterocycles. The van der Waals surface area contributed by atoms with Crippen LogP contribution in [0.5, 0.6) is 5.75 Å². The van der Waals surface area contributed by atoms with E-state index < -0.39 is 0 Å². The van der Waals surface area contributed by atoms with Crippen LogP contribution in [0, 0.1) is 20.8 Å². The van der Waals surface area contributed by atoms with Gasteiger partial charge in [-0.05, 0) is 62.1 Å². The number of carbonyl (C=O) groups is 1. The molecule has 3 heteroatoms. The lowest BCUT2D eigenvalue weighted by molar-refractivity contribution is 0.0736. The Morgan fingerprint density at radius 3 is 2.30 bits per heavy atom. The highest BCUT2D eigenvalue weighted by Crippen LogP contribution is 2.32. The Balaban J connectivity index is 1.89. The summed E-state index contributed by atoms with van der Waals surface area (Å²) in [5.41, 5.74) is 7.37. The molecule has 1 heterocycles. The van der Waals surface area contributed by atoms with Crippen LogP contribution in [0.1, 0.15) is 39.5 Å². The van der Waals surface area contributed by atoms with Crippen LogP contribution in [-0.4, -0.2) is 11.0 Å². The number of pyridine rings is 1. The first-order valence-corrected chi connectivity index (χ1v) is 10.3. The van der Waals surface area contributed by atoms with Gasteiger partial charge in [0.1, 0.15) is 5.75 Å². The highest BCUT2D eigenvalue weighted by atomic mass is 16.5. The van der Waals surface area contributed by atoms with Gasteiger partial charge in [0.2, 0.25) is 0 Å². The minimum Gasteiger partial charge on any atom is -0.423 e. The average molecular weight is 396 g/mol. The molecule has 0 aliphatic rings. The SMILES string of the molecule is CCc1ccc(OC(=O)c2c(C)c(-c3ccccc3)nc3c(C)cc(C)cc23)cc1. The first-order valence-electron chi connectivity index (χ1n) is 10.3. The normalized spacial score (nSPS) is 10.9. The number of fused-ring (bicyclic) bond motifs is 1. The molecule has 3 aromatic carbocycles. The number of carbonyl (C=O) groups excluding carboxylic acids is 1. The second kappa shape index (κ2) is 8.11. The number of aryl methyl sites for hydroxylation is 3. The lowest BCUT2D eigenvalue weighted by atomic mass is 9.95. The molecule has 0 saturated heterocycles. The Kier molecular flexibility index (Phi) is 5.37. The number of aromatic nitrogens is 1. The fourth-order valence-corrected chi connectivity index (χ4v) is 3.91. The van der Waals surface area contributed by atoms with Crippen LogP contribution in [0.25, 0.3) is 22.2 Å². The van der Waals surface area contributed by atoms with Gasteiger partial charge in [0.05, 0.1) is 16.8 Å². The average Bonchev–Trinajstić information content (AvgIpc) is 2.74. The van der Waals surface area contributed by atoms with Crippen LogP contribution in [0.3, 0.4) is 0 Å². The van der Waals surface area contributed by atoms with Crippen molar-refractivity contribution in [3.05, 3.63) is 94.5 Å². The van der Waals surface area contributed by atoms with E-state index in [-0.39, 0.29) is 5.97 Å². The predicted octanol–water partition coefficient (Wildman–Crippen LogP) is 6.61. The lowest BCUT2D eigenvalue weighted by Gasteiger charge is -2.16. The topological polar surface area (TPSA) is 39.2 Å². The van der Waals surface area contributed by atoms with Gasteiger partial charge in [-0.15, -0.1) is 0 Å². The van der Waals surface area contributed by atoms with Crippen LogP contribution in [-0.2, 0) is 6.42 Å². The Hall–Kier alpha value is -3.46. The van der Waals surface area contributed by atoms with Crippen molar-refractivity contribution in [2.24, 2.45) is 0 Å². The van der Waals surface area contributed by atoms with Crippen molar-refractivity contribution in [2.75, 3.05) is 0 Å². The molecular weight excluding hydrogens is 370 g/mol. The summed E-state index contributed by atoms with van der Waals surface area (Å²) in [7, 11) is 0. The molecule has 0 aliphatic carbocycles. The molecule has 0 radical (unpaired) electrons. The Labute approximate surface area is 177 Å². The molecule has 1 aromatic heterocycles. The van der Waals surface area contributed by atoms with Crippen LogP contribution < -0.4 is 4.74 Å². The Morgan fingerprint density at radius 1 is 0.933 bits per heavy atom. The van der Waals surface area contributed by atoms with Gasteiger partial charge in [-0.2, -0.15) is 0 Å². The van der Waals surface area contributed by atoms with E-state index >= 15 is 0 Å². The molecule has 0 N–H and O–H groups in total. The number of rotatable bonds is 4. The summed E-state index contributed by atoms with van der Waals surface area (Å²) in [5.74, 6) is 0.193. The largest absolute Gasteiger partial charge is 0.423 e. The molecule has 0 spiro atoms. The molecule has 0 unspecified atom stereocenters. The quantitative estimate of drug-likeness (QED) is 0.288. The summed E-state index contributed by atoms with van der Waals surface area (Å²) in [6.45, 7) is 8.11. The first kappa shape index (κ1) is 19.8. The van der Waals surface area contributed by atoms with Gasteiger partial charge in [-0.3, -0.25) is 0 Å². The number of hydrogen-bond donors (Lipinski definition) is 0. The molecule has 0 saturated carbocycles. The molecule has 0 fully saturated rings. The predicted molar refractivity (Wildman–Crippen MR) is 122 cm³/mol. The van der Waals surface area contributed by atoms with E-state index in [0.717, 1.165) is 45.3 Å². The highest BCUT2D eigenvalue weighted by molar-refractivity contribution is 6.08. The van der Waals surface area contributed by atoms with Crippen molar-refractivity contribution in [3.8, 4) is 17.0 Å². The fraction of sp³-hybridized carbons (Fsp3) is 0.185. The van der Waals surface area contributed by atoms with E-state index in [1.165, 1.54) is 5.56 Å². The highest BCUT2D eigenvalue weighted by Gasteiger charge is 2.22. The number of benzene rings is 3. The summed E-state index contributed by atoms with van der Waals surface area (Å²) in [5, 5.41) is 0.833. The van der Waals surface area contributed by atoms with Crippen LogP contribution in [0.4, 0.5) is 0 Å². The summed E-state index contributed by atoms with van der Waals surface area (Å²) in [6.07, 6.45) is 0.946. The summed E-state index contributed by atoms with van der Waals surface area (Å²) >= 11 is 0. The second-order valence-corrected chi connectivity index (χ2v) is 7.69. The monoisotopic (exact) mass is 395 g/mol. The third-order valence-electron chi connectivity index (χ3n) is 5.46. The third-order valence-corrected chi connectivity index (χ3v) is 5.46. The van der Waals surface area contributed by atoms with Crippen LogP contribution >= 0.6 is 0 Å². The number of esters is 1. The second-order valence-electron chi connectivity index (χ2n) is 7.69. The van der Waals surface area contributed by atoms with Crippen molar-refractivity contribution in [1.82, 2.24) is 4.98 Å².